The average Bonchev–Trinajstić information content (AvgIpc) is 2.47. The van der Waals surface area contributed by atoms with Crippen molar-refractivity contribution in [3.05, 3.63) is 66.2 Å². The minimum absolute atomic E-state index is 0. The normalized spacial score (nSPS) is 24.0. The second-order valence-electron chi connectivity index (χ2n) is 5.99. The van der Waals surface area contributed by atoms with Crippen LogP contribution in [0, 0.1) is 0 Å². The van der Waals surface area contributed by atoms with E-state index in [9.17, 15) is 0 Å². The molecule has 0 bridgehead atoms. The lowest BCUT2D eigenvalue weighted by molar-refractivity contribution is 0.229. The standard InChI is InChI=1S/C18H21N3.HI/c1-18(14-8-4-2-5-9-14)12-16(13-18)21-17(19)20-15-10-6-3-7-11-15;/h2-11,16H,12-13H2,1H3,(H3,19,20,21);1H. The van der Waals surface area contributed by atoms with Gasteiger partial charge in [0.2, 0.25) is 0 Å². The highest BCUT2D eigenvalue weighted by atomic mass is 127. The Morgan fingerprint density at radius 2 is 1.59 bits per heavy atom. The second-order valence-corrected chi connectivity index (χ2v) is 5.99. The molecule has 2 aromatic carbocycles. The summed E-state index contributed by atoms with van der Waals surface area (Å²) in [6.07, 6.45) is 2.10. The van der Waals surface area contributed by atoms with Crippen molar-refractivity contribution in [3.63, 3.8) is 0 Å². The van der Waals surface area contributed by atoms with Crippen molar-refractivity contribution < 1.29 is 0 Å². The first kappa shape index (κ1) is 16.8. The third-order valence-corrected chi connectivity index (χ3v) is 4.21. The number of para-hydroxylation sites is 1. The van der Waals surface area contributed by atoms with Crippen LogP contribution >= 0.6 is 24.0 Å². The van der Waals surface area contributed by atoms with E-state index in [1.165, 1.54) is 5.56 Å². The lowest BCUT2D eigenvalue weighted by Gasteiger charge is -2.44. The van der Waals surface area contributed by atoms with E-state index in [2.05, 4.69) is 47.6 Å². The number of nitrogens with one attached hydrogen (secondary N) is 1. The van der Waals surface area contributed by atoms with E-state index in [1.807, 2.05) is 30.3 Å². The Morgan fingerprint density at radius 1 is 1.05 bits per heavy atom. The van der Waals surface area contributed by atoms with Crippen molar-refractivity contribution >= 4 is 35.6 Å². The van der Waals surface area contributed by atoms with Gasteiger partial charge in [-0.3, -0.25) is 0 Å². The van der Waals surface area contributed by atoms with Crippen LogP contribution < -0.4 is 11.1 Å². The summed E-state index contributed by atoms with van der Waals surface area (Å²) in [5.41, 5.74) is 8.59. The Bertz CT molecular complexity index is 619. The molecule has 0 amide bonds. The van der Waals surface area contributed by atoms with Gasteiger partial charge in [-0.15, -0.1) is 24.0 Å². The predicted octanol–water partition coefficient (Wildman–Crippen LogP) is 4.15. The molecule has 1 aliphatic rings. The van der Waals surface area contributed by atoms with E-state index < -0.39 is 0 Å². The first-order valence-corrected chi connectivity index (χ1v) is 7.37. The number of nitrogens with zero attached hydrogens (tertiary/aromatic N) is 1. The van der Waals surface area contributed by atoms with Gasteiger partial charge in [-0.05, 0) is 36.0 Å². The first-order chi connectivity index (χ1) is 10.2. The highest BCUT2D eigenvalue weighted by Gasteiger charge is 2.41. The third kappa shape index (κ3) is 3.80. The molecule has 3 nitrogen and oxygen atoms in total. The van der Waals surface area contributed by atoms with Gasteiger partial charge in [0, 0.05) is 5.69 Å². The third-order valence-electron chi connectivity index (χ3n) is 4.21. The van der Waals surface area contributed by atoms with E-state index in [-0.39, 0.29) is 29.4 Å². The summed E-state index contributed by atoms with van der Waals surface area (Å²) in [4.78, 5) is 4.58. The van der Waals surface area contributed by atoms with Crippen LogP contribution in [-0.4, -0.2) is 12.0 Å². The maximum Gasteiger partial charge on any atom is 0.193 e. The van der Waals surface area contributed by atoms with Crippen LogP contribution in [0.4, 0.5) is 5.69 Å². The highest BCUT2D eigenvalue weighted by molar-refractivity contribution is 14.0. The lowest BCUT2D eigenvalue weighted by atomic mass is 9.63. The number of aliphatic imine (C=N–C) groups is 1. The minimum Gasteiger partial charge on any atom is -0.370 e. The van der Waals surface area contributed by atoms with Crippen LogP contribution in [0.3, 0.4) is 0 Å². The zero-order chi connectivity index (χ0) is 14.7. The molecule has 0 spiro atoms. The average molecular weight is 407 g/mol. The molecule has 1 fully saturated rings. The predicted molar refractivity (Wildman–Crippen MR) is 104 cm³/mol. The molecule has 4 heteroatoms. The molecular weight excluding hydrogens is 385 g/mol. The van der Waals surface area contributed by atoms with Crippen LogP contribution in [0.5, 0.6) is 0 Å². The van der Waals surface area contributed by atoms with Crippen LogP contribution in [0.15, 0.2) is 65.7 Å². The van der Waals surface area contributed by atoms with Crippen LogP contribution in [0.2, 0.25) is 0 Å². The number of benzene rings is 2. The number of rotatable bonds is 3. The van der Waals surface area contributed by atoms with Gasteiger partial charge in [-0.2, -0.15) is 0 Å². The Hall–Kier alpha value is -1.56. The number of hydrogen-bond donors (Lipinski definition) is 2. The fourth-order valence-corrected chi connectivity index (χ4v) is 3.05. The molecule has 0 heterocycles. The smallest absolute Gasteiger partial charge is 0.193 e. The Balaban J connectivity index is 0.00000176. The summed E-state index contributed by atoms with van der Waals surface area (Å²) in [7, 11) is 0. The molecule has 0 radical (unpaired) electrons. The fourth-order valence-electron chi connectivity index (χ4n) is 3.05. The quantitative estimate of drug-likeness (QED) is 0.456. The molecule has 0 aromatic heterocycles. The van der Waals surface area contributed by atoms with Gasteiger partial charge in [-0.25, -0.2) is 4.99 Å². The summed E-state index contributed by atoms with van der Waals surface area (Å²) in [6, 6.07) is 20.9. The molecular formula is C18H22IN3. The van der Waals surface area contributed by atoms with Gasteiger partial charge >= 0.3 is 0 Å². The molecule has 22 heavy (non-hydrogen) atoms. The summed E-state index contributed by atoms with van der Waals surface area (Å²) in [5.74, 6) is 0.501. The molecule has 3 rings (SSSR count). The Morgan fingerprint density at radius 3 is 2.18 bits per heavy atom. The first-order valence-electron chi connectivity index (χ1n) is 7.37. The van der Waals surface area contributed by atoms with Crippen molar-refractivity contribution in [2.75, 3.05) is 5.32 Å². The van der Waals surface area contributed by atoms with Gasteiger partial charge < -0.3 is 11.1 Å². The molecule has 1 aliphatic carbocycles. The molecule has 0 aliphatic heterocycles. The monoisotopic (exact) mass is 407 g/mol. The number of nitrogens with two attached hydrogens (primary N) is 1. The van der Waals surface area contributed by atoms with E-state index in [4.69, 9.17) is 5.73 Å². The van der Waals surface area contributed by atoms with Gasteiger partial charge in [0.1, 0.15) is 0 Å². The lowest BCUT2D eigenvalue weighted by Crippen LogP contribution is -2.42. The van der Waals surface area contributed by atoms with Crippen LogP contribution in [0.25, 0.3) is 0 Å². The van der Waals surface area contributed by atoms with Crippen molar-refractivity contribution in [1.29, 1.82) is 0 Å². The second kappa shape index (κ2) is 7.13. The maximum absolute atomic E-state index is 5.98. The van der Waals surface area contributed by atoms with Gasteiger partial charge in [-0.1, -0.05) is 55.5 Å². The summed E-state index contributed by atoms with van der Waals surface area (Å²) in [5, 5.41) is 3.14. The van der Waals surface area contributed by atoms with E-state index in [1.54, 1.807) is 0 Å². The molecule has 0 unspecified atom stereocenters. The maximum atomic E-state index is 5.98. The topological polar surface area (TPSA) is 50.4 Å². The largest absolute Gasteiger partial charge is 0.370 e. The number of halogens is 1. The molecule has 1 saturated carbocycles. The van der Waals surface area contributed by atoms with Crippen molar-refractivity contribution in [3.8, 4) is 0 Å². The van der Waals surface area contributed by atoms with Gasteiger partial charge in [0.15, 0.2) is 5.96 Å². The molecule has 3 N–H and O–H groups in total. The SMILES string of the molecule is CC1(c2ccccc2)CC(N=C(N)Nc2ccccc2)C1.I. The van der Waals surface area contributed by atoms with E-state index >= 15 is 0 Å². The molecule has 0 atom stereocenters. The number of hydrogen-bond acceptors (Lipinski definition) is 1. The zero-order valence-electron chi connectivity index (χ0n) is 12.7. The fraction of sp³-hybridized carbons (Fsp3) is 0.278. The van der Waals surface area contributed by atoms with E-state index in [0.717, 1.165) is 18.5 Å². The summed E-state index contributed by atoms with van der Waals surface area (Å²) in [6.45, 7) is 2.30. The van der Waals surface area contributed by atoms with Crippen LogP contribution in [0.1, 0.15) is 25.3 Å². The molecule has 0 saturated heterocycles. The van der Waals surface area contributed by atoms with Crippen molar-refractivity contribution in [2.24, 2.45) is 10.7 Å². The molecule has 116 valence electrons. The number of guanidine groups is 1. The van der Waals surface area contributed by atoms with Gasteiger partial charge in [0.25, 0.3) is 0 Å². The molecule has 2 aromatic rings. The van der Waals surface area contributed by atoms with Crippen molar-refractivity contribution in [2.45, 2.75) is 31.2 Å². The Labute approximate surface area is 149 Å². The van der Waals surface area contributed by atoms with Gasteiger partial charge in [0.05, 0.1) is 6.04 Å². The van der Waals surface area contributed by atoms with Crippen molar-refractivity contribution in [1.82, 2.24) is 0 Å². The summed E-state index contributed by atoms with van der Waals surface area (Å²) < 4.78 is 0. The Kier molecular flexibility index (Phi) is 5.45. The zero-order valence-corrected chi connectivity index (χ0v) is 15.0. The number of anilines is 1. The van der Waals surface area contributed by atoms with Crippen LogP contribution in [-0.2, 0) is 5.41 Å². The highest BCUT2D eigenvalue weighted by Crippen LogP contribution is 2.44. The van der Waals surface area contributed by atoms with E-state index in [0.29, 0.717) is 12.0 Å². The summed E-state index contributed by atoms with van der Waals surface area (Å²) >= 11 is 0. The minimum atomic E-state index is 0.